The zero-order chi connectivity index (χ0) is 19.8. The predicted molar refractivity (Wildman–Crippen MR) is 115 cm³/mol. The number of fused-ring (bicyclic) bond motifs is 1. The fourth-order valence-electron chi connectivity index (χ4n) is 4.42. The Bertz CT molecular complexity index is 1160. The van der Waals surface area contributed by atoms with E-state index in [4.69, 9.17) is 0 Å². The van der Waals surface area contributed by atoms with E-state index in [1.54, 1.807) is 12.4 Å². The molecule has 0 radical (unpaired) electrons. The molecule has 1 aliphatic rings. The van der Waals surface area contributed by atoms with E-state index in [0.29, 0.717) is 6.04 Å². The Hall–Kier alpha value is -3.05. The second-order valence-corrected chi connectivity index (χ2v) is 7.98. The first-order chi connectivity index (χ1) is 14.2. The molecule has 5 nitrogen and oxygen atoms in total. The molecule has 0 N–H and O–H groups in total. The van der Waals surface area contributed by atoms with Crippen LogP contribution in [0.15, 0.2) is 61.2 Å². The van der Waals surface area contributed by atoms with E-state index in [1.165, 1.54) is 40.7 Å². The molecule has 1 saturated heterocycles. The third-order valence-electron chi connectivity index (χ3n) is 6.00. The van der Waals surface area contributed by atoms with E-state index in [9.17, 15) is 0 Å². The molecule has 3 heterocycles. The monoisotopic (exact) mass is 383 g/mol. The minimum Gasteiger partial charge on any atom is -0.292 e. The Morgan fingerprint density at radius 3 is 2.66 bits per heavy atom. The number of rotatable bonds is 4. The fourth-order valence-corrected chi connectivity index (χ4v) is 4.42. The number of hydrogen-bond donors (Lipinski definition) is 0. The lowest BCUT2D eigenvalue weighted by molar-refractivity contribution is 0.248. The molecule has 0 saturated carbocycles. The normalized spacial score (nSPS) is 17.2. The Morgan fingerprint density at radius 1 is 1.00 bits per heavy atom. The molecule has 4 aromatic rings. The summed E-state index contributed by atoms with van der Waals surface area (Å²) >= 11 is 0. The lowest BCUT2D eigenvalue weighted by Gasteiger charge is -2.26. The summed E-state index contributed by atoms with van der Waals surface area (Å²) in [6.07, 6.45) is 9.93. The van der Waals surface area contributed by atoms with Gasteiger partial charge in [0.1, 0.15) is 0 Å². The zero-order valence-electron chi connectivity index (χ0n) is 16.9. The summed E-state index contributed by atoms with van der Waals surface area (Å²) in [6.45, 7) is 4.32. The highest BCUT2D eigenvalue weighted by molar-refractivity contribution is 5.74. The summed E-state index contributed by atoms with van der Waals surface area (Å²) in [4.78, 5) is 11.5. The van der Waals surface area contributed by atoms with Crippen LogP contribution in [0, 0.1) is 6.92 Å². The van der Waals surface area contributed by atoms with Crippen LogP contribution in [0.2, 0.25) is 0 Å². The molecule has 2 aromatic carbocycles. The van der Waals surface area contributed by atoms with E-state index in [0.717, 1.165) is 24.1 Å². The molecule has 2 aromatic heterocycles. The average Bonchev–Trinajstić information content (AvgIpc) is 3.38. The Morgan fingerprint density at radius 2 is 1.86 bits per heavy atom. The van der Waals surface area contributed by atoms with Gasteiger partial charge in [0, 0.05) is 43.8 Å². The van der Waals surface area contributed by atoms with Crippen molar-refractivity contribution in [3.05, 3.63) is 77.9 Å². The molecule has 1 aliphatic heterocycles. The molecule has 0 spiro atoms. The largest absolute Gasteiger partial charge is 0.292 e. The van der Waals surface area contributed by atoms with Crippen molar-refractivity contribution in [2.75, 3.05) is 6.54 Å². The van der Waals surface area contributed by atoms with Crippen LogP contribution >= 0.6 is 0 Å². The number of likely N-dealkylation sites (tertiary alicyclic amines) is 1. The first-order valence-corrected chi connectivity index (χ1v) is 10.2. The third-order valence-corrected chi connectivity index (χ3v) is 6.00. The van der Waals surface area contributed by atoms with Gasteiger partial charge in [-0.25, -0.2) is 0 Å². The Labute approximate surface area is 171 Å². The second kappa shape index (κ2) is 7.41. The van der Waals surface area contributed by atoms with Gasteiger partial charge in [-0.3, -0.25) is 19.5 Å². The maximum absolute atomic E-state index is 4.49. The minimum absolute atomic E-state index is 0.443. The van der Waals surface area contributed by atoms with Crippen LogP contribution in [0.5, 0.6) is 0 Å². The molecule has 0 bridgehead atoms. The number of benzene rings is 2. The SMILES string of the molecule is Cc1cc(-c2cnn(C)c2)ccc1CN1CCCC1c1ccc2nccnc2c1. The Balaban J connectivity index is 1.39. The van der Waals surface area contributed by atoms with E-state index in [1.807, 2.05) is 17.9 Å². The lowest BCUT2D eigenvalue weighted by Crippen LogP contribution is -2.23. The average molecular weight is 383 g/mol. The summed E-state index contributed by atoms with van der Waals surface area (Å²) in [6, 6.07) is 13.8. The summed E-state index contributed by atoms with van der Waals surface area (Å²) in [5.74, 6) is 0. The van der Waals surface area contributed by atoms with Gasteiger partial charge < -0.3 is 0 Å². The molecule has 1 unspecified atom stereocenters. The molecule has 0 aliphatic carbocycles. The molecule has 146 valence electrons. The van der Waals surface area contributed by atoms with Crippen LogP contribution in [0.3, 0.4) is 0 Å². The maximum Gasteiger partial charge on any atom is 0.0890 e. The standard InChI is InChI=1S/C24H25N5/c1-17-12-18(21-14-27-28(2)15-21)5-6-20(17)16-29-11-3-4-24(29)19-7-8-22-23(13-19)26-10-9-25-22/h5-10,12-15,24H,3-4,11,16H2,1-2H3. The van der Waals surface area contributed by atoms with Crippen LogP contribution in [-0.4, -0.2) is 31.2 Å². The van der Waals surface area contributed by atoms with Crippen LogP contribution < -0.4 is 0 Å². The van der Waals surface area contributed by atoms with Crippen LogP contribution in [0.4, 0.5) is 0 Å². The first-order valence-electron chi connectivity index (χ1n) is 10.2. The topological polar surface area (TPSA) is 46.8 Å². The molecule has 0 amide bonds. The number of aromatic nitrogens is 4. The third kappa shape index (κ3) is 3.54. The van der Waals surface area contributed by atoms with Crippen molar-refractivity contribution in [2.24, 2.45) is 7.05 Å². The van der Waals surface area contributed by atoms with Gasteiger partial charge in [0.15, 0.2) is 0 Å². The summed E-state index contributed by atoms with van der Waals surface area (Å²) < 4.78 is 1.85. The summed E-state index contributed by atoms with van der Waals surface area (Å²) in [7, 11) is 1.95. The maximum atomic E-state index is 4.49. The van der Waals surface area contributed by atoms with Crippen molar-refractivity contribution in [3.63, 3.8) is 0 Å². The smallest absolute Gasteiger partial charge is 0.0890 e. The van der Waals surface area contributed by atoms with Gasteiger partial charge in [-0.05, 0) is 60.7 Å². The molecule has 5 rings (SSSR count). The minimum atomic E-state index is 0.443. The number of nitrogens with zero attached hydrogens (tertiary/aromatic N) is 5. The van der Waals surface area contributed by atoms with Gasteiger partial charge in [-0.1, -0.05) is 24.3 Å². The molecule has 1 fully saturated rings. The predicted octanol–water partition coefficient (Wildman–Crippen LogP) is 4.68. The van der Waals surface area contributed by atoms with Crippen molar-refractivity contribution < 1.29 is 0 Å². The molecular formula is C24H25N5. The van der Waals surface area contributed by atoms with E-state index >= 15 is 0 Å². The van der Waals surface area contributed by atoms with Crippen molar-refractivity contribution in [1.82, 2.24) is 24.6 Å². The van der Waals surface area contributed by atoms with Gasteiger partial charge in [0.2, 0.25) is 0 Å². The van der Waals surface area contributed by atoms with Crippen molar-refractivity contribution in [1.29, 1.82) is 0 Å². The van der Waals surface area contributed by atoms with E-state index in [-0.39, 0.29) is 0 Å². The zero-order valence-corrected chi connectivity index (χ0v) is 16.9. The number of aryl methyl sites for hydroxylation is 2. The van der Waals surface area contributed by atoms with Crippen LogP contribution in [0.25, 0.3) is 22.2 Å². The molecule has 1 atom stereocenters. The summed E-state index contributed by atoms with van der Waals surface area (Å²) in [5.41, 5.74) is 8.41. The quantitative estimate of drug-likeness (QED) is 0.513. The molecule has 29 heavy (non-hydrogen) atoms. The van der Waals surface area contributed by atoms with E-state index in [2.05, 4.69) is 69.5 Å². The van der Waals surface area contributed by atoms with Crippen molar-refractivity contribution in [3.8, 4) is 11.1 Å². The van der Waals surface area contributed by atoms with Crippen molar-refractivity contribution >= 4 is 11.0 Å². The highest BCUT2D eigenvalue weighted by Gasteiger charge is 2.26. The molecule has 5 heteroatoms. The van der Waals surface area contributed by atoms with Crippen LogP contribution in [-0.2, 0) is 13.6 Å². The van der Waals surface area contributed by atoms with Gasteiger partial charge >= 0.3 is 0 Å². The summed E-state index contributed by atoms with van der Waals surface area (Å²) in [5, 5.41) is 4.29. The van der Waals surface area contributed by atoms with Crippen LogP contribution in [0.1, 0.15) is 35.6 Å². The van der Waals surface area contributed by atoms with Gasteiger partial charge in [0.25, 0.3) is 0 Å². The lowest BCUT2D eigenvalue weighted by atomic mass is 10.00. The number of hydrogen-bond acceptors (Lipinski definition) is 4. The Kier molecular flexibility index (Phi) is 4.60. The van der Waals surface area contributed by atoms with Crippen molar-refractivity contribution in [2.45, 2.75) is 32.4 Å². The van der Waals surface area contributed by atoms with E-state index < -0.39 is 0 Å². The first kappa shape index (κ1) is 18.0. The highest BCUT2D eigenvalue weighted by Crippen LogP contribution is 2.35. The van der Waals surface area contributed by atoms with Gasteiger partial charge in [0.05, 0.1) is 17.2 Å². The van der Waals surface area contributed by atoms with Gasteiger partial charge in [-0.15, -0.1) is 0 Å². The fraction of sp³-hybridized carbons (Fsp3) is 0.292. The molecular weight excluding hydrogens is 358 g/mol. The highest BCUT2D eigenvalue weighted by atomic mass is 15.2. The second-order valence-electron chi connectivity index (χ2n) is 7.98. The van der Waals surface area contributed by atoms with Gasteiger partial charge in [-0.2, -0.15) is 5.10 Å².